The Labute approximate surface area is 106 Å². The molecule has 1 fully saturated rings. The van der Waals surface area contributed by atoms with E-state index in [1.165, 1.54) is 12.2 Å². The van der Waals surface area contributed by atoms with Gasteiger partial charge in [-0.2, -0.15) is 0 Å². The first-order chi connectivity index (χ1) is 8.63. The summed E-state index contributed by atoms with van der Waals surface area (Å²) in [5.74, 6) is -0.438. The molecule has 0 aliphatic carbocycles. The zero-order chi connectivity index (χ0) is 13.4. The lowest BCUT2D eigenvalue weighted by molar-refractivity contribution is -0.137. The van der Waals surface area contributed by atoms with Crippen LogP contribution in [0, 0.1) is 0 Å². The molecule has 1 unspecified atom stereocenters. The summed E-state index contributed by atoms with van der Waals surface area (Å²) in [5.41, 5.74) is 0. The van der Waals surface area contributed by atoms with Gasteiger partial charge in [-0.15, -0.1) is 0 Å². The molecule has 6 heteroatoms. The summed E-state index contributed by atoms with van der Waals surface area (Å²) >= 11 is 0. The lowest BCUT2D eigenvalue weighted by Gasteiger charge is -2.26. The molecule has 18 heavy (non-hydrogen) atoms. The highest BCUT2D eigenvalue weighted by Crippen LogP contribution is 2.03. The van der Waals surface area contributed by atoms with Gasteiger partial charge in [-0.05, 0) is 19.9 Å². The number of carbonyl (C=O) groups is 2. The number of nitrogens with zero attached hydrogens (tertiary/aromatic N) is 1. The van der Waals surface area contributed by atoms with E-state index < -0.39 is 12.1 Å². The van der Waals surface area contributed by atoms with Crippen LogP contribution in [0.1, 0.15) is 13.8 Å². The lowest BCUT2D eigenvalue weighted by Crippen LogP contribution is -2.41. The fourth-order valence-corrected chi connectivity index (χ4v) is 1.42. The molecule has 6 nitrogen and oxygen atoms in total. The van der Waals surface area contributed by atoms with Crippen LogP contribution in [-0.4, -0.2) is 56.0 Å². The number of carbonyl (C=O) groups excluding carboxylic acids is 2. The fourth-order valence-electron chi connectivity index (χ4n) is 1.42. The summed E-state index contributed by atoms with van der Waals surface area (Å²) < 4.78 is 15.0. The maximum absolute atomic E-state index is 11.7. The van der Waals surface area contributed by atoms with Crippen LogP contribution in [0.15, 0.2) is 12.2 Å². The molecule has 102 valence electrons. The molecule has 0 saturated carbocycles. The van der Waals surface area contributed by atoms with Crippen LogP contribution >= 0.6 is 0 Å². The highest BCUT2D eigenvalue weighted by atomic mass is 16.6. The van der Waals surface area contributed by atoms with Crippen LogP contribution in [0.25, 0.3) is 0 Å². The molecule has 1 aliphatic rings. The monoisotopic (exact) mass is 257 g/mol. The molecule has 0 N–H and O–H groups in total. The van der Waals surface area contributed by atoms with Crippen molar-refractivity contribution in [3.8, 4) is 0 Å². The number of morpholine rings is 1. The van der Waals surface area contributed by atoms with Crippen molar-refractivity contribution < 1.29 is 23.8 Å². The summed E-state index contributed by atoms with van der Waals surface area (Å²) in [7, 11) is 0. The minimum atomic E-state index is -0.468. The van der Waals surface area contributed by atoms with Gasteiger partial charge >= 0.3 is 12.1 Å². The third-order valence-corrected chi connectivity index (χ3v) is 2.35. The summed E-state index contributed by atoms with van der Waals surface area (Å²) in [5, 5.41) is 0. The van der Waals surface area contributed by atoms with Crippen molar-refractivity contribution in [1.82, 2.24) is 4.90 Å². The molecule has 1 heterocycles. The van der Waals surface area contributed by atoms with Crippen LogP contribution < -0.4 is 0 Å². The molecule has 1 saturated heterocycles. The molecule has 1 rings (SSSR count). The van der Waals surface area contributed by atoms with Gasteiger partial charge in [0.05, 0.1) is 19.8 Å². The Kier molecular flexibility index (Phi) is 6.21. The number of rotatable bonds is 4. The lowest BCUT2D eigenvalue weighted by atomic mass is 10.3. The first-order valence-corrected chi connectivity index (χ1v) is 6.01. The van der Waals surface area contributed by atoms with Crippen molar-refractivity contribution in [3.63, 3.8) is 0 Å². The van der Waals surface area contributed by atoms with E-state index in [0.29, 0.717) is 32.9 Å². The number of hydrogen-bond acceptors (Lipinski definition) is 5. The van der Waals surface area contributed by atoms with Gasteiger partial charge in [0.1, 0.15) is 6.10 Å². The number of esters is 1. The maximum Gasteiger partial charge on any atom is 0.410 e. The number of amides is 1. The molecule has 0 aromatic carbocycles. The molecular formula is C12H19NO5. The van der Waals surface area contributed by atoms with E-state index in [-0.39, 0.29) is 6.09 Å². The van der Waals surface area contributed by atoms with Gasteiger partial charge in [0.2, 0.25) is 0 Å². The van der Waals surface area contributed by atoms with Gasteiger partial charge in [-0.1, -0.05) is 0 Å². The highest BCUT2D eigenvalue weighted by molar-refractivity contribution is 5.82. The Bertz CT molecular complexity index is 310. The standard InChI is InChI=1S/C12H19NO5/c1-3-17-11(14)5-4-10(2)18-12(15)13-6-8-16-9-7-13/h4-5,10H,3,6-9H2,1-2H3. The van der Waals surface area contributed by atoms with Crippen molar-refractivity contribution >= 4 is 12.1 Å². The molecule has 1 aliphatic heterocycles. The predicted molar refractivity (Wildman–Crippen MR) is 64.1 cm³/mol. The van der Waals surface area contributed by atoms with E-state index in [2.05, 4.69) is 0 Å². The van der Waals surface area contributed by atoms with Gasteiger partial charge in [-0.25, -0.2) is 9.59 Å². The first-order valence-electron chi connectivity index (χ1n) is 6.01. The molecule has 0 bridgehead atoms. The molecular weight excluding hydrogens is 238 g/mol. The third kappa shape index (κ3) is 5.18. The molecule has 0 aromatic heterocycles. The fraction of sp³-hybridized carbons (Fsp3) is 0.667. The summed E-state index contributed by atoms with van der Waals surface area (Å²) in [4.78, 5) is 24.3. The molecule has 1 atom stereocenters. The zero-order valence-electron chi connectivity index (χ0n) is 10.8. The van der Waals surface area contributed by atoms with E-state index >= 15 is 0 Å². The Balaban J connectivity index is 2.32. The second-order valence-corrected chi connectivity index (χ2v) is 3.80. The second kappa shape index (κ2) is 7.71. The maximum atomic E-state index is 11.7. The summed E-state index contributed by atoms with van der Waals surface area (Å²) in [6.45, 7) is 5.87. The largest absolute Gasteiger partial charge is 0.463 e. The van der Waals surface area contributed by atoms with Gasteiger partial charge < -0.3 is 19.1 Å². The smallest absolute Gasteiger partial charge is 0.410 e. The van der Waals surface area contributed by atoms with Crippen LogP contribution in [0.5, 0.6) is 0 Å². The SMILES string of the molecule is CCOC(=O)C=CC(C)OC(=O)N1CCOCC1. The topological polar surface area (TPSA) is 65.1 Å². The van der Waals surface area contributed by atoms with Gasteiger partial charge in [0.15, 0.2) is 0 Å². The van der Waals surface area contributed by atoms with Crippen LogP contribution in [0.4, 0.5) is 4.79 Å². The average Bonchev–Trinajstić information content (AvgIpc) is 2.38. The minimum Gasteiger partial charge on any atom is -0.463 e. The third-order valence-electron chi connectivity index (χ3n) is 2.35. The second-order valence-electron chi connectivity index (χ2n) is 3.80. The summed E-state index contributed by atoms with van der Waals surface area (Å²) in [6, 6.07) is 0. The Hall–Kier alpha value is -1.56. The van der Waals surface area contributed by atoms with Crippen molar-refractivity contribution in [2.45, 2.75) is 20.0 Å². The first kappa shape index (κ1) is 14.5. The van der Waals surface area contributed by atoms with Crippen molar-refractivity contribution in [2.75, 3.05) is 32.9 Å². The van der Waals surface area contributed by atoms with Crippen molar-refractivity contribution in [1.29, 1.82) is 0 Å². The van der Waals surface area contributed by atoms with E-state index in [1.807, 2.05) is 0 Å². The van der Waals surface area contributed by atoms with E-state index in [1.54, 1.807) is 18.7 Å². The van der Waals surface area contributed by atoms with E-state index in [4.69, 9.17) is 14.2 Å². The van der Waals surface area contributed by atoms with Crippen molar-refractivity contribution in [3.05, 3.63) is 12.2 Å². The van der Waals surface area contributed by atoms with Gasteiger partial charge in [0.25, 0.3) is 0 Å². The summed E-state index contributed by atoms with van der Waals surface area (Å²) in [6.07, 6.45) is 1.90. The quantitative estimate of drug-likeness (QED) is 0.554. The van der Waals surface area contributed by atoms with Crippen LogP contribution in [-0.2, 0) is 19.0 Å². The minimum absolute atomic E-state index is 0.325. The van der Waals surface area contributed by atoms with Crippen LogP contribution in [0.2, 0.25) is 0 Å². The number of hydrogen-bond donors (Lipinski definition) is 0. The molecule has 0 spiro atoms. The van der Waals surface area contributed by atoms with Gasteiger partial charge in [-0.3, -0.25) is 0 Å². The van der Waals surface area contributed by atoms with Crippen LogP contribution in [0.3, 0.4) is 0 Å². The zero-order valence-corrected chi connectivity index (χ0v) is 10.8. The Morgan fingerprint density at radius 3 is 2.67 bits per heavy atom. The Morgan fingerprint density at radius 2 is 2.06 bits per heavy atom. The number of ether oxygens (including phenoxy) is 3. The van der Waals surface area contributed by atoms with E-state index in [0.717, 1.165) is 0 Å². The normalized spacial score (nSPS) is 17.6. The molecule has 0 radical (unpaired) electrons. The van der Waals surface area contributed by atoms with E-state index in [9.17, 15) is 9.59 Å². The Morgan fingerprint density at radius 1 is 1.39 bits per heavy atom. The molecule has 1 amide bonds. The van der Waals surface area contributed by atoms with Crippen molar-refractivity contribution in [2.24, 2.45) is 0 Å². The molecule has 0 aromatic rings. The highest BCUT2D eigenvalue weighted by Gasteiger charge is 2.19. The average molecular weight is 257 g/mol. The van der Waals surface area contributed by atoms with Gasteiger partial charge in [0, 0.05) is 19.2 Å². The predicted octanol–water partition coefficient (Wildman–Crippen LogP) is 0.963.